The second-order valence-electron chi connectivity index (χ2n) is 5.43. The maximum atomic E-state index is 13.0. The van der Waals surface area contributed by atoms with E-state index in [0.29, 0.717) is 19.4 Å². The predicted octanol–water partition coefficient (Wildman–Crippen LogP) is 3.36. The molecule has 0 spiro atoms. The van der Waals surface area contributed by atoms with E-state index >= 15 is 0 Å². The number of halogens is 3. The van der Waals surface area contributed by atoms with Crippen LogP contribution in [0.1, 0.15) is 39.0 Å². The summed E-state index contributed by atoms with van der Waals surface area (Å²) in [5, 5.41) is 0. The molecular formula is C13H24F3NO. The minimum atomic E-state index is -4.11. The van der Waals surface area contributed by atoms with E-state index in [1.807, 2.05) is 6.92 Å². The van der Waals surface area contributed by atoms with Gasteiger partial charge in [-0.2, -0.15) is 13.2 Å². The molecule has 0 heterocycles. The maximum absolute atomic E-state index is 13.0. The minimum Gasteiger partial charge on any atom is -0.385 e. The molecule has 1 aliphatic carbocycles. The summed E-state index contributed by atoms with van der Waals surface area (Å²) in [7, 11) is 1.59. The summed E-state index contributed by atoms with van der Waals surface area (Å²) >= 11 is 0. The summed E-state index contributed by atoms with van der Waals surface area (Å²) in [6, 6.07) is -0.382. The Morgan fingerprint density at radius 3 is 2.44 bits per heavy atom. The molecule has 1 aliphatic rings. The van der Waals surface area contributed by atoms with E-state index in [1.54, 1.807) is 7.11 Å². The quantitative estimate of drug-likeness (QED) is 0.829. The summed E-state index contributed by atoms with van der Waals surface area (Å²) in [6.45, 7) is 2.48. The lowest BCUT2D eigenvalue weighted by Crippen LogP contribution is -2.46. The van der Waals surface area contributed by atoms with Crippen molar-refractivity contribution in [2.24, 2.45) is 23.5 Å². The third kappa shape index (κ3) is 4.12. The van der Waals surface area contributed by atoms with Crippen molar-refractivity contribution in [2.75, 3.05) is 13.7 Å². The third-order valence-corrected chi connectivity index (χ3v) is 4.17. The van der Waals surface area contributed by atoms with E-state index in [9.17, 15) is 13.2 Å². The van der Waals surface area contributed by atoms with Gasteiger partial charge in [0.1, 0.15) is 0 Å². The second kappa shape index (κ2) is 6.75. The van der Waals surface area contributed by atoms with Gasteiger partial charge in [-0.3, -0.25) is 0 Å². The fourth-order valence-electron chi connectivity index (χ4n) is 2.94. The summed E-state index contributed by atoms with van der Waals surface area (Å²) in [6.07, 6.45) is -1.02. The van der Waals surface area contributed by atoms with E-state index in [1.165, 1.54) is 0 Å². The Kier molecular flexibility index (Phi) is 5.92. The minimum absolute atomic E-state index is 0.0675. The molecule has 1 fully saturated rings. The lowest BCUT2D eigenvalue weighted by atomic mass is 9.71. The molecule has 0 saturated heterocycles. The Balaban J connectivity index is 2.65. The number of ether oxygens (including phenoxy) is 1. The van der Waals surface area contributed by atoms with Gasteiger partial charge in [0.05, 0.1) is 5.92 Å². The van der Waals surface area contributed by atoms with Gasteiger partial charge >= 0.3 is 6.18 Å². The molecule has 108 valence electrons. The second-order valence-corrected chi connectivity index (χ2v) is 5.43. The number of alkyl halides is 3. The Morgan fingerprint density at radius 1 is 1.28 bits per heavy atom. The first-order chi connectivity index (χ1) is 8.38. The molecule has 0 aromatic rings. The van der Waals surface area contributed by atoms with Crippen LogP contribution in [0.5, 0.6) is 0 Å². The van der Waals surface area contributed by atoms with Crippen LogP contribution in [0.4, 0.5) is 13.2 Å². The molecule has 4 unspecified atom stereocenters. The molecule has 0 aliphatic heterocycles. The summed E-state index contributed by atoms with van der Waals surface area (Å²) < 4.78 is 43.9. The first-order valence-corrected chi connectivity index (χ1v) is 6.69. The van der Waals surface area contributed by atoms with Gasteiger partial charge in [0.2, 0.25) is 0 Å². The highest BCUT2D eigenvalue weighted by molar-refractivity contribution is 4.89. The van der Waals surface area contributed by atoms with Crippen molar-refractivity contribution in [3.63, 3.8) is 0 Å². The predicted molar refractivity (Wildman–Crippen MR) is 65.1 cm³/mol. The number of nitrogens with two attached hydrogens (primary N) is 1. The van der Waals surface area contributed by atoms with Crippen LogP contribution in [-0.4, -0.2) is 25.9 Å². The number of rotatable bonds is 5. The van der Waals surface area contributed by atoms with Gasteiger partial charge in [-0.25, -0.2) is 0 Å². The molecule has 0 amide bonds. The van der Waals surface area contributed by atoms with Gasteiger partial charge in [0.25, 0.3) is 0 Å². The SMILES string of the molecule is COCCC(C)C(N)C1CCCCC1C(F)(F)F. The summed E-state index contributed by atoms with van der Waals surface area (Å²) in [4.78, 5) is 0. The average Bonchev–Trinajstić information content (AvgIpc) is 2.34. The molecule has 4 atom stereocenters. The van der Waals surface area contributed by atoms with Gasteiger partial charge in [-0.05, 0) is 31.1 Å². The Labute approximate surface area is 107 Å². The van der Waals surface area contributed by atoms with Crippen molar-refractivity contribution in [1.82, 2.24) is 0 Å². The zero-order valence-electron chi connectivity index (χ0n) is 11.2. The largest absolute Gasteiger partial charge is 0.392 e. The van der Waals surface area contributed by atoms with Crippen molar-refractivity contribution in [3.05, 3.63) is 0 Å². The Hall–Kier alpha value is -0.290. The third-order valence-electron chi connectivity index (χ3n) is 4.17. The first kappa shape index (κ1) is 15.8. The van der Waals surface area contributed by atoms with E-state index < -0.39 is 18.0 Å². The zero-order chi connectivity index (χ0) is 13.8. The smallest absolute Gasteiger partial charge is 0.385 e. The average molecular weight is 267 g/mol. The maximum Gasteiger partial charge on any atom is 0.392 e. The van der Waals surface area contributed by atoms with Crippen molar-refractivity contribution in [1.29, 1.82) is 0 Å². The summed E-state index contributed by atoms with van der Waals surface area (Å²) in [5.74, 6) is -1.57. The molecule has 18 heavy (non-hydrogen) atoms. The van der Waals surface area contributed by atoms with Crippen molar-refractivity contribution in [3.8, 4) is 0 Å². The van der Waals surface area contributed by atoms with Crippen LogP contribution >= 0.6 is 0 Å². The first-order valence-electron chi connectivity index (χ1n) is 6.69. The standard InChI is InChI=1S/C13H24F3NO/c1-9(7-8-18-2)12(17)10-5-3-4-6-11(10)13(14,15)16/h9-12H,3-8,17H2,1-2H3. The van der Waals surface area contributed by atoms with Crippen LogP contribution < -0.4 is 5.73 Å². The van der Waals surface area contributed by atoms with E-state index in [-0.39, 0.29) is 18.4 Å². The molecule has 2 nitrogen and oxygen atoms in total. The fraction of sp³-hybridized carbons (Fsp3) is 1.00. The molecule has 0 aromatic heterocycles. The number of hydrogen-bond donors (Lipinski definition) is 1. The van der Waals surface area contributed by atoms with Gasteiger partial charge in [-0.1, -0.05) is 19.8 Å². The normalized spacial score (nSPS) is 29.0. The topological polar surface area (TPSA) is 35.2 Å². The van der Waals surface area contributed by atoms with Crippen LogP contribution in [0.2, 0.25) is 0 Å². The van der Waals surface area contributed by atoms with E-state index in [0.717, 1.165) is 12.8 Å². The Morgan fingerprint density at radius 2 is 1.89 bits per heavy atom. The molecule has 1 saturated carbocycles. The van der Waals surface area contributed by atoms with Crippen molar-refractivity contribution >= 4 is 0 Å². The highest BCUT2D eigenvalue weighted by Gasteiger charge is 2.47. The van der Waals surface area contributed by atoms with Gasteiger partial charge in [0, 0.05) is 19.8 Å². The number of hydrogen-bond acceptors (Lipinski definition) is 2. The molecule has 1 rings (SSSR count). The highest BCUT2D eigenvalue weighted by atomic mass is 19.4. The van der Waals surface area contributed by atoms with Gasteiger partial charge < -0.3 is 10.5 Å². The molecule has 5 heteroatoms. The van der Waals surface area contributed by atoms with Crippen LogP contribution in [0.3, 0.4) is 0 Å². The fourth-order valence-corrected chi connectivity index (χ4v) is 2.94. The molecule has 0 bridgehead atoms. The van der Waals surface area contributed by atoms with Crippen LogP contribution in [0.25, 0.3) is 0 Å². The molecule has 0 aromatic carbocycles. The molecular weight excluding hydrogens is 243 g/mol. The summed E-state index contributed by atoms with van der Waals surface area (Å²) in [5.41, 5.74) is 6.06. The monoisotopic (exact) mass is 267 g/mol. The number of methoxy groups -OCH3 is 1. The van der Waals surface area contributed by atoms with E-state index in [4.69, 9.17) is 10.5 Å². The lowest BCUT2D eigenvalue weighted by molar-refractivity contribution is -0.199. The van der Waals surface area contributed by atoms with Gasteiger partial charge in [0.15, 0.2) is 0 Å². The van der Waals surface area contributed by atoms with Crippen LogP contribution in [0, 0.1) is 17.8 Å². The van der Waals surface area contributed by atoms with Gasteiger partial charge in [-0.15, -0.1) is 0 Å². The van der Waals surface area contributed by atoms with Crippen LogP contribution in [0.15, 0.2) is 0 Å². The molecule has 0 radical (unpaired) electrons. The lowest BCUT2D eigenvalue weighted by Gasteiger charge is -2.38. The van der Waals surface area contributed by atoms with Crippen molar-refractivity contribution < 1.29 is 17.9 Å². The van der Waals surface area contributed by atoms with Crippen LogP contribution in [-0.2, 0) is 4.74 Å². The Bertz CT molecular complexity index is 245. The van der Waals surface area contributed by atoms with E-state index in [2.05, 4.69) is 0 Å². The molecule has 2 N–H and O–H groups in total. The van der Waals surface area contributed by atoms with Crippen molar-refractivity contribution in [2.45, 2.75) is 51.2 Å². The zero-order valence-corrected chi connectivity index (χ0v) is 11.2. The highest BCUT2D eigenvalue weighted by Crippen LogP contribution is 2.43.